The van der Waals surface area contributed by atoms with Crippen LogP contribution in [0.1, 0.15) is 18.1 Å². The molecule has 1 aromatic carbocycles. The molecule has 0 atom stereocenters. The highest BCUT2D eigenvalue weighted by Gasteiger charge is 2.23. The molecule has 0 aliphatic heterocycles. The smallest absolute Gasteiger partial charge is 0.270 e. The summed E-state index contributed by atoms with van der Waals surface area (Å²) in [6, 6.07) is 6.08. The third-order valence-corrected chi connectivity index (χ3v) is 2.31. The molecule has 1 amide bonds. The van der Waals surface area contributed by atoms with E-state index in [0.717, 1.165) is 12.5 Å². The minimum Gasteiger partial charge on any atom is -0.387 e. The second kappa shape index (κ2) is 5.72. The number of aliphatic hydroxyl groups excluding tert-OH is 1. The van der Waals surface area contributed by atoms with Gasteiger partial charge in [-0.15, -0.1) is 0 Å². The molecular weight excluding hydrogens is 228 g/mol. The van der Waals surface area contributed by atoms with Crippen LogP contribution in [0.4, 0.5) is 8.78 Å². The summed E-state index contributed by atoms with van der Waals surface area (Å²) in [5.41, 5.74) is 0.686. The maximum Gasteiger partial charge on any atom is 0.270 e. The molecule has 0 fully saturated rings. The van der Waals surface area contributed by atoms with Gasteiger partial charge >= 0.3 is 0 Å². The molecule has 17 heavy (non-hydrogen) atoms. The van der Waals surface area contributed by atoms with Crippen LogP contribution in [0.25, 0.3) is 0 Å². The molecule has 0 aromatic heterocycles. The number of hydrogen-bond donors (Lipinski definition) is 2. The van der Waals surface area contributed by atoms with Gasteiger partial charge in [-0.1, -0.05) is 18.2 Å². The monoisotopic (exact) mass is 243 g/mol. The van der Waals surface area contributed by atoms with Gasteiger partial charge < -0.3 is 10.4 Å². The Labute approximate surface area is 98.5 Å². The maximum atomic E-state index is 13.0. The molecule has 0 bridgehead atoms. The molecule has 3 nitrogen and oxygen atoms in total. The van der Waals surface area contributed by atoms with Crippen LogP contribution in [-0.4, -0.2) is 24.2 Å². The van der Waals surface area contributed by atoms with Crippen LogP contribution in [0, 0.1) is 0 Å². The molecule has 1 rings (SSSR count). The Kier molecular flexibility index (Phi) is 4.57. The van der Waals surface area contributed by atoms with Crippen LogP contribution in [0.2, 0.25) is 0 Å². The normalized spacial score (nSPS) is 11.3. The zero-order valence-electron chi connectivity index (χ0n) is 9.54. The van der Waals surface area contributed by atoms with Crippen molar-refractivity contribution in [2.75, 3.05) is 13.2 Å². The SMILES string of the molecule is CC(F)(F)c1cccc(CCNC(=O)CO)c1. The number of alkyl halides is 2. The fourth-order valence-electron chi connectivity index (χ4n) is 1.40. The summed E-state index contributed by atoms with van der Waals surface area (Å²) in [6.45, 7) is 0.602. The minimum atomic E-state index is -2.86. The van der Waals surface area contributed by atoms with Gasteiger partial charge in [-0.05, 0) is 18.1 Å². The van der Waals surface area contributed by atoms with Crippen molar-refractivity contribution < 1.29 is 18.7 Å². The standard InChI is InChI=1S/C12H15F2NO2/c1-12(13,14)10-4-2-3-9(7-10)5-6-15-11(17)8-16/h2-4,7,16H,5-6,8H2,1H3,(H,15,17). The summed E-state index contributed by atoms with van der Waals surface area (Å²) in [4.78, 5) is 10.7. The number of aliphatic hydroxyl groups is 1. The lowest BCUT2D eigenvalue weighted by Crippen LogP contribution is -2.28. The molecule has 0 saturated heterocycles. The second-order valence-electron chi connectivity index (χ2n) is 3.85. The van der Waals surface area contributed by atoms with Crippen molar-refractivity contribution in [1.29, 1.82) is 0 Å². The number of amides is 1. The molecule has 0 radical (unpaired) electrons. The van der Waals surface area contributed by atoms with Gasteiger partial charge in [0.05, 0.1) is 0 Å². The van der Waals surface area contributed by atoms with Gasteiger partial charge in [0.15, 0.2) is 0 Å². The Morgan fingerprint density at radius 3 is 2.76 bits per heavy atom. The molecule has 0 unspecified atom stereocenters. The first-order valence-corrected chi connectivity index (χ1v) is 5.28. The third-order valence-electron chi connectivity index (χ3n) is 2.31. The van der Waals surface area contributed by atoms with Gasteiger partial charge in [-0.25, -0.2) is 8.78 Å². The van der Waals surface area contributed by atoms with Crippen molar-refractivity contribution in [2.24, 2.45) is 0 Å². The molecule has 0 spiro atoms. The highest BCUT2D eigenvalue weighted by Crippen LogP contribution is 2.27. The quantitative estimate of drug-likeness (QED) is 0.822. The molecule has 0 heterocycles. The van der Waals surface area contributed by atoms with Crippen molar-refractivity contribution in [1.82, 2.24) is 5.32 Å². The van der Waals surface area contributed by atoms with Crippen LogP contribution in [-0.2, 0) is 17.1 Å². The second-order valence-corrected chi connectivity index (χ2v) is 3.85. The van der Waals surface area contributed by atoms with E-state index in [9.17, 15) is 13.6 Å². The van der Waals surface area contributed by atoms with Crippen LogP contribution >= 0.6 is 0 Å². The largest absolute Gasteiger partial charge is 0.387 e. The molecule has 94 valence electrons. The van der Waals surface area contributed by atoms with Crippen molar-refractivity contribution >= 4 is 5.91 Å². The summed E-state index contributed by atoms with van der Waals surface area (Å²) in [6.07, 6.45) is 0.454. The Hall–Kier alpha value is -1.49. The fourth-order valence-corrected chi connectivity index (χ4v) is 1.40. The first-order valence-electron chi connectivity index (χ1n) is 5.28. The average molecular weight is 243 g/mol. The molecule has 0 saturated carbocycles. The maximum absolute atomic E-state index is 13.0. The van der Waals surface area contributed by atoms with Gasteiger partial charge in [-0.2, -0.15) is 0 Å². The summed E-state index contributed by atoms with van der Waals surface area (Å²) < 4.78 is 26.1. The molecule has 5 heteroatoms. The molecule has 0 aliphatic rings. The highest BCUT2D eigenvalue weighted by molar-refractivity contribution is 5.76. The number of carbonyl (C=O) groups is 1. The molecule has 2 N–H and O–H groups in total. The summed E-state index contributed by atoms with van der Waals surface area (Å²) >= 11 is 0. The van der Waals surface area contributed by atoms with Gasteiger partial charge in [0.2, 0.25) is 5.91 Å². The van der Waals surface area contributed by atoms with Gasteiger partial charge in [0.1, 0.15) is 6.61 Å². The topological polar surface area (TPSA) is 49.3 Å². The average Bonchev–Trinajstić information content (AvgIpc) is 2.28. The van der Waals surface area contributed by atoms with E-state index in [1.807, 2.05) is 0 Å². The lowest BCUT2D eigenvalue weighted by Gasteiger charge is -2.12. The van der Waals surface area contributed by atoms with E-state index in [0.29, 0.717) is 13.0 Å². The zero-order chi connectivity index (χ0) is 12.9. The van der Waals surface area contributed by atoms with E-state index in [1.165, 1.54) is 12.1 Å². The van der Waals surface area contributed by atoms with E-state index < -0.39 is 18.4 Å². The van der Waals surface area contributed by atoms with E-state index in [4.69, 9.17) is 5.11 Å². The van der Waals surface area contributed by atoms with E-state index in [-0.39, 0.29) is 5.56 Å². The Morgan fingerprint density at radius 1 is 1.47 bits per heavy atom. The lowest BCUT2D eigenvalue weighted by molar-refractivity contribution is -0.123. The Morgan fingerprint density at radius 2 is 2.18 bits per heavy atom. The fraction of sp³-hybridized carbons (Fsp3) is 0.417. The lowest BCUT2D eigenvalue weighted by atomic mass is 10.0. The number of rotatable bonds is 5. The van der Waals surface area contributed by atoms with Crippen LogP contribution < -0.4 is 5.32 Å². The summed E-state index contributed by atoms with van der Waals surface area (Å²) in [5.74, 6) is -3.33. The van der Waals surface area contributed by atoms with Crippen LogP contribution in [0.5, 0.6) is 0 Å². The van der Waals surface area contributed by atoms with Gasteiger partial charge in [0, 0.05) is 19.0 Å². The van der Waals surface area contributed by atoms with Crippen LogP contribution in [0.3, 0.4) is 0 Å². The van der Waals surface area contributed by atoms with E-state index in [2.05, 4.69) is 5.32 Å². The van der Waals surface area contributed by atoms with E-state index in [1.54, 1.807) is 12.1 Å². The first-order chi connectivity index (χ1) is 7.93. The first kappa shape index (κ1) is 13.6. The molecular formula is C12H15F2NO2. The number of halogens is 2. The number of benzene rings is 1. The minimum absolute atomic E-state index is 0.0384. The van der Waals surface area contributed by atoms with Crippen molar-refractivity contribution in [3.63, 3.8) is 0 Å². The zero-order valence-corrected chi connectivity index (χ0v) is 9.54. The highest BCUT2D eigenvalue weighted by atomic mass is 19.3. The summed E-state index contributed by atoms with van der Waals surface area (Å²) in [5, 5.41) is 10.9. The van der Waals surface area contributed by atoms with Gasteiger partial charge in [-0.3, -0.25) is 4.79 Å². The third kappa shape index (κ3) is 4.48. The molecule has 0 aliphatic carbocycles. The van der Waals surface area contributed by atoms with E-state index >= 15 is 0 Å². The number of nitrogens with one attached hydrogen (secondary N) is 1. The summed E-state index contributed by atoms with van der Waals surface area (Å²) in [7, 11) is 0. The Bertz CT molecular complexity index is 388. The molecule has 1 aromatic rings. The predicted molar refractivity (Wildman–Crippen MR) is 59.8 cm³/mol. The number of hydrogen-bond acceptors (Lipinski definition) is 2. The number of carbonyl (C=O) groups excluding carboxylic acids is 1. The van der Waals surface area contributed by atoms with Crippen molar-refractivity contribution in [2.45, 2.75) is 19.3 Å². The Balaban J connectivity index is 2.58. The van der Waals surface area contributed by atoms with Crippen molar-refractivity contribution in [3.05, 3.63) is 35.4 Å². The van der Waals surface area contributed by atoms with Crippen LogP contribution in [0.15, 0.2) is 24.3 Å². The van der Waals surface area contributed by atoms with Gasteiger partial charge in [0.25, 0.3) is 5.92 Å². The predicted octanol–water partition coefficient (Wildman–Crippen LogP) is 1.45. The van der Waals surface area contributed by atoms with Crippen molar-refractivity contribution in [3.8, 4) is 0 Å².